The van der Waals surface area contributed by atoms with E-state index in [4.69, 9.17) is 10.5 Å². The Morgan fingerprint density at radius 3 is 2.69 bits per heavy atom. The third kappa shape index (κ3) is 4.33. The first-order chi connectivity index (χ1) is 17.2. The zero-order valence-electron chi connectivity index (χ0n) is 19.1. The van der Waals surface area contributed by atoms with Crippen LogP contribution in [-0.4, -0.2) is 32.8 Å². The normalized spacial score (nSPS) is 15.1. The molecule has 1 unspecified atom stereocenters. The highest BCUT2D eigenvalue weighted by atomic mass is 16.5. The van der Waals surface area contributed by atoms with Gasteiger partial charge in [-0.2, -0.15) is 15.1 Å². The summed E-state index contributed by atoms with van der Waals surface area (Å²) in [5, 5.41) is 11.4. The number of nitrogens with zero attached hydrogens (tertiary/aromatic N) is 4. The standard InChI is InChI=1S/C27H25N7O/c28-27-31-25(22-15-29-33-26(22)32-27)30-20-14-18-8-4-6-12-23(18)34(17-20)16-19-9-5-7-13-24(19)35-21-10-2-1-3-11-21/h1-13,15,20H,14,16-17H2,(H4,28,29,30,31,32,33). The highest BCUT2D eigenvalue weighted by Crippen LogP contribution is 2.33. The van der Waals surface area contributed by atoms with E-state index in [1.807, 2.05) is 42.5 Å². The van der Waals surface area contributed by atoms with Crippen molar-refractivity contribution < 1.29 is 4.74 Å². The Kier molecular flexibility index (Phi) is 5.38. The minimum atomic E-state index is 0.125. The maximum absolute atomic E-state index is 6.23. The topological polar surface area (TPSA) is 105 Å². The van der Waals surface area contributed by atoms with Crippen molar-refractivity contribution in [2.75, 3.05) is 22.5 Å². The Bertz CT molecular complexity index is 1470. The number of nitrogens with two attached hydrogens (primary N) is 1. The Labute approximate surface area is 202 Å². The van der Waals surface area contributed by atoms with E-state index in [9.17, 15) is 0 Å². The first-order valence-corrected chi connectivity index (χ1v) is 11.6. The molecule has 3 heterocycles. The molecule has 0 radical (unpaired) electrons. The van der Waals surface area contributed by atoms with Crippen LogP contribution < -0.4 is 20.7 Å². The second-order valence-corrected chi connectivity index (χ2v) is 8.64. The number of ether oxygens (including phenoxy) is 1. The minimum Gasteiger partial charge on any atom is -0.457 e. The Morgan fingerprint density at radius 1 is 0.971 bits per heavy atom. The van der Waals surface area contributed by atoms with Crippen molar-refractivity contribution in [2.24, 2.45) is 0 Å². The quantitative estimate of drug-likeness (QED) is 0.333. The third-order valence-corrected chi connectivity index (χ3v) is 6.21. The summed E-state index contributed by atoms with van der Waals surface area (Å²) in [5.41, 5.74) is 10.2. The van der Waals surface area contributed by atoms with Crippen LogP contribution in [0.15, 0.2) is 85.1 Å². The number of nitrogen functional groups attached to an aromatic ring is 1. The smallest absolute Gasteiger partial charge is 0.224 e. The molecule has 0 amide bonds. The lowest BCUT2D eigenvalue weighted by atomic mass is 9.97. The molecular formula is C27H25N7O. The highest BCUT2D eigenvalue weighted by Gasteiger charge is 2.26. The zero-order chi connectivity index (χ0) is 23.6. The van der Waals surface area contributed by atoms with Crippen LogP contribution in [0, 0.1) is 0 Å². The molecule has 35 heavy (non-hydrogen) atoms. The largest absolute Gasteiger partial charge is 0.457 e. The Morgan fingerprint density at radius 2 is 1.77 bits per heavy atom. The maximum Gasteiger partial charge on any atom is 0.224 e. The fraction of sp³-hybridized carbons (Fsp3) is 0.148. The number of aromatic amines is 1. The number of aromatic nitrogens is 4. The molecule has 4 N–H and O–H groups in total. The molecule has 6 rings (SSSR count). The minimum absolute atomic E-state index is 0.125. The van der Waals surface area contributed by atoms with Gasteiger partial charge in [-0.25, -0.2) is 0 Å². The van der Waals surface area contributed by atoms with Crippen LogP contribution in [0.25, 0.3) is 11.0 Å². The molecule has 8 heteroatoms. The predicted molar refractivity (Wildman–Crippen MR) is 138 cm³/mol. The molecule has 1 aliphatic rings. The van der Waals surface area contributed by atoms with Gasteiger partial charge in [-0.05, 0) is 36.2 Å². The number of hydrogen-bond acceptors (Lipinski definition) is 7. The van der Waals surface area contributed by atoms with Gasteiger partial charge in [-0.15, -0.1) is 0 Å². The second-order valence-electron chi connectivity index (χ2n) is 8.64. The molecule has 0 bridgehead atoms. The van der Waals surface area contributed by atoms with Crippen LogP contribution >= 0.6 is 0 Å². The van der Waals surface area contributed by atoms with Gasteiger partial charge in [0.25, 0.3) is 0 Å². The van der Waals surface area contributed by atoms with Gasteiger partial charge in [0, 0.05) is 30.4 Å². The molecule has 0 aliphatic carbocycles. The van der Waals surface area contributed by atoms with E-state index in [2.05, 4.69) is 66.8 Å². The lowest BCUT2D eigenvalue weighted by molar-refractivity contribution is 0.474. The number of fused-ring (bicyclic) bond motifs is 2. The van der Waals surface area contributed by atoms with E-state index in [0.717, 1.165) is 35.4 Å². The van der Waals surface area contributed by atoms with Gasteiger partial charge in [-0.3, -0.25) is 5.10 Å². The summed E-state index contributed by atoms with van der Waals surface area (Å²) in [4.78, 5) is 11.1. The van der Waals surface area contributed by atoms with E-state index in [-0.39, 0.29) is 12.0 Å². The van der Waals surface area contributed by atoms with Crippen LogP contribution in [0.4, 0.5) is 17.5 Å². The fourth-order valence-electron chi connectivity index (χ4n) is 4.64. The van der Waals surface area contributed by atoms with E-state index in [0.29, 0.717) is 18.0 Å². The molecule has 2 aromatic heterocycles. The van der Waals surface area contributed by atoms with Crippen molar-refractivity contribution in [3.8, 4) is 11.5 Å². The van der Waals surface area contributed by atoms with E-state index in [1.54, 1.807) is 6.20 Å². The molecule has 3 aromatic carbocycles. The van der Waals surface area contributed by atoms with Crippen LogP contribution in [-0.2, 0) is 13.0 Å². The van der Waals surface area contributed by atoms with Crippen LogP contribution in [0.3, 0.4) is 0 Å². The van der Waals surface area contributed by atoms with Gasteiger partial charge in [0.1, 0.15) is 17.3 Å². The summed E-state index contributed by atoms with van der Waals surface area (Å²) in [7, 11) is 0. The number of nitrogens with one attached hydrogen (secondary N) is 2. The van der Waals surface area contributed by atoms with E-state index in [1.165, 1.54) is 11.3 Å². The fourth-order valence-corrected chi connectivity index (χ4v) is 4.64. The van der Waals surface area contributed by atoms with Gasteiger partial charge in [0.05, 0.1) is 11.6 Å². The lowest BCUT2D eigenvalue weighted by Gasteiger charge is -2.37. The number of para-hydroxylation sites is 3. The number of benzene rings is 3. The van der Waals surface area contributed by atoms with Gasteiger partial charge >= 0.3 is 0 Å². The number of rotatable bonds is 6. The first-order valence-electron chi connectivity index (χ1n) is 11.6. The summed E-state index contributed by atoms with van der Waals surface area (Å²) in [6, 6.07) is 26.8. The molecule has 0 fully saturated rings. The molecule has 8 nitrogen and oxygen atoms in total. The summed E-state index contributed by atoms with van der Waals surface area (Å²) < 4.78 is 6.23. The molecule has 1 atom stereocenters. The molecule has 0 saturated carbocycles. The molecule has 5 aromatic rings. The second kappa shape index (κ2) is 8.98. The van der Waals surface area contributed by atoms with E-state index >= 15 is 0 Å². The molecule has 0 spiro atoms. The van der Waals surface area contributed by atoms with Gasteiger partial charge in [-0.1, -0.05) is 54.6 Å². The number of anilines is 3. The predicted octanol–water partition coefficient (Wildman–Crippen LogP) is 4.77. The van der Waals surface area contributed by atoms with Crippen molar-refractivity contribution in [2.45, 2.75) is 19.0 Å². The van der Waals surface area contributed by atoms with Crippen molar-refractivity contribution in [3.63, 3.8) is 0 Å². The van der Waals surface area contributed by atoms with Crippen molar-refractivity contribution >= 4 is 28.5 Å². The van der Waals surface area contributed by atoms with E-state index < -0.39 is 0 Å². The summed E-state index contributed by atoms with van der Waals surface area (Å²) in [5.74, 6) is 2.58. The van der Waals surface area contributed by atoms with Crippen LogP contribution in [0.2, 0.25) is 0 Å². The molecule has 1 aliphatic heterocycles. The number of hydrogen-bond donors (Lipinski definition) is 3. The highest BCUT2D eigenvalue weighted by molar-refractivity contribution is 5.87. The average Bonchev–Trinajstić information content (AvgIpc) is 3.35. The van der Waals surface area contributed by atoms with Gasteiger partial charge in [0.15, 0.2) is 5.65 Å². The zero-order valence-corrected chi connectivity index (χ0v) is 19.1. The van der Waals surface area contributed by atoms with Gasteiger partial charge < -0.3 is 20.7 Å². The van der Waals surface area contributed by atoms with Crippen molar-refractivity contribution in [3.05, 3.63) is 96.2 Å². The number of H-pyrrole nitrogens is 1. The van der Waals surface area contributed by atoms with Crippen molar-refractivity contribution in [1.82, 2.24) is 20.2 Å². The molecule has 0 saturated heterocycles. The Hall–Kier alpha value is -4.59. The molecular weight excluding hydrogens is 438 g/mol. The Balaban J connectivity index is 1.29. The van der Waals surface area contributed by atoms with Crippen molar-refractivity contribution in [1.29, 1.82) is 0 Å². The average molecular weight is 464 g/mol. The van der Waals surface area contributed by atoms with Gasteiger partial charge in [0.2, 0.25) is 5.95 Å². The third-order valence-electron chi connectivity index (χ3n) is 6.21. The SMILES string of the molecule is Nc1nc(NC2Cc3ccccc3N(Cc3ccccc3Oc3ccccc3)C2)c2cn[nH]c2n1. The first kappa shape index (κ1) is 21.0. The summed E-state index contributed by atoms with van der Waals surface area (Å²) >= 11 is 0. The summed E-state index contributed by atoms with van der Waals surface area (Å²) in [6.07, 6.45) is 2.60. The summed E-state index contributed by atoms with van der Waals surface area (Å²) in [6.45, 7) is 1.51. The van der Waals surface area contributed by atoms with Crippen LogP contribution in [0.5, 0.6) is 11.5 Å². The monoisotopic (exact) mass is 463 g/mol. The maximum atomic E-state index is 6.23. The molecule has 174 valence electrons. The lowest BCUT2D eigenvalue weighted by Crippen LogP contribution is -2.42. The van der Waals surface area contributed by atoms with Crippen LogP contribution in [0.1, 0.15) is 11.1 Å².